The summed E-state index contributed by atoms with van der Waals surface area (Å²) in [6, 6.07) is 7.77. The van der Waals surface area contributed by atoms with E-state index in [0.717, 1.165) is 12.1 Å². The number of carbonyl (C=O) groups excluding carboxylic acids is 2. The molecule has 7 rings (SSSR count). The topological polar surface area (TPSA) is 136 Å². The number of methoxy groups -OCH3 is 1. The van der Waals surface area contributed by atoms with Crippen molar-refractivity contribution in [3.05, 3.63) is 93.0 Å². The van der Waals surface area contributed by atoms with Crippen molar-refractivity contribution < 1.29 is 45.8 Å². The second kappa shape index (κ2) is 15.4. The number of ether oxygens (including phenoxy) is 1. The molecule has 18 heteroatoms. The van der Waals surface area contributed by atoms with Crippen LogP contribution in [0.15, 0.2) is 42.5 Å². The Labute approximate surface area is 332 Å². The number of alkyl halides is 4. The number of hydrogen-bond acceptors (Lipinski definition) is 7. The Balaban J connectivity index is 1.37. The van der Waals surface area contributed by atoms with Gasteiger partial charge < -0.3 is 20.5 Å². The first-order chi connectivity index (χ1) is 27.4. The number of anilines is 1. The molecule has 2 aromatic carbocycles. The maximum Gasteiger partial charge on any atom is 0.293 e. The summed E-state index contributed by atoms with van der Waals surface area (Å²) < 4.78 is 95.8. The van der Waals surface area contributed by atoms with Crippen LogP contribution < -0.4 is 10.6 Å². The van der Waals surface area contributed by atoms with Gasteiger partial charge >= 0.3 is 0 Å². The van der Waals surface area contributed by atoms with E-state index in [-0.39, 0.29) is 59.2 Å². The van der Waals surface area contributed by atoms with Crippen molar-refractivity contribution in [2.45, 2.75) is 69.6 Å². The Morgan fingerprint density at radius 1 is 1.05 bits per heavy atom. The summed E-state index contributed by atoms with van der Waals surface area (Å²) in [7, 11) is 2.94. The predicted molar refractivity (Wildman–Crippen MR) is 200 cm³/mol. The third-order valence-corrected chi connectivity index (χ3v) is 10.5. The molecule has 1 fully saturated rings. The highest BCUT2D eigenvalue weighted by molar-refractivity contribution is 6.37. The van der Waals surface area contributed by atoms with E-state index >= 15 is 8.78 Å². The van der Waals surface area contributed by atoms with Crippen molar-refractivity contribution >= 4 is 40.1 Å². The Hall–Kier alpha value is -5.44. The van der Waals surface area contributed by atoms with E-state index in [9.17, 15) is 32.3 Å². The number of aryl methyl sites for hydroxylation is 1. The first kappa shape index (κ1) is 40.7. The van der Waals surface area contributed by atoms with Crippen LogP contribution in [0.1, 0.15) is 79.0 Å². The highest BCUT2D eigenvalue weighted by Crippen LogP contribution is 2.63. The van der Waals surface area contributed by atoms with Gasteiger partial charge in [-0.15, -0.1) is 0 Å². The summed E-state index contributed by atoms with van der Waals surface area (Å²) in [4.78, 5) is 31.3. The molecule has 0 spiro atoms. The van der Waals surface area contributed by atoms with Crippen LogP contribution in [-0.2, 0) is 40.3 Å². The van der Waals surface area contributed by atoms with E-state index in [2.05, 4.69) is 32.7 Å². The van der Waals surface area contributed by atoms with Gasteiger partial charge in [-0.05, 0) is 80.8 Å². The van der Waals surface area contributed by atoms with Gasteiger partial charge in [-0.25, -0.2) is 22.5 Å². The summed E-state index contributed by atoms with van der Waals surface area (Å²) in [6.07, 6.45) is -3.07. The molecule has 58 heavy (non-hydrogen) atoms. The van der Waals surface area contributed by atoms with Crippen LogP contribution in [0.4, 0.5) is 32.2 Å². The summed E-state index contributed by atoms with van der Waals surface area (Å²) in [6.45, 7) is 1.73. The molecule has 0 unspecified atom stereocenters. The molecular weight excluding hydrogens is 792 g/mol. The van der Waals surface area contributed by atoms with Crippen LogP contribution in [0, 0.1) is 29.4 Å². The molecule has 3 aromatic heterocycles. The molecule has 1 saturated carbocycles. The van der Waals surface area contributed by atoms with Crippen molar-refractivity contribution in [2.24, 2.45) is 13.0 Å². The fraction of sp³-hybridized carbons (Fsp3) is 0.375. The van der Waals surface area contributed by atoms with Crippen LogP contribution in [0.2, 0.25) is 5.02 Å². The maximum atomic E-state index is 15.7. The zero-order valence-corrected chi connectivity index (χ0v) is 32.2. The van der Waals surface area contributed by atoms with Gasteiger partial charge in [0, 0.05) is 42.8 Å². The minimum atomic E-state index is -3.51. The van der Waals surface area contributed by atoms with E-state index in [1.54, 1.807) is 25.2 Å². The molecule has 3 atom stereocenters. The number of aliphatic hydroxyl groups is 1. The number of nitrogens with zero attached hydrogens (tertiary/aromatic N) is 5. The van der Waals surface area contributed by atoms with Gasteiger partial charge in [0.2, 0.25) is 5.91 Å². The molecule has 11 nitrogen and oxygen atoms in total. The number of fused-ring (bicyclic) bond motifs is 4. The number of benzene rings is 2. The molecule has 2 amide bonds. The van der Waals surface area contributed by atoms with Crippen LogP contribution in [-0.4, -0.2) is 60.8 Å². The van der Waals surface area contributed by atoms with Gasteiger partial charge in [0.05, 0.1) is 27.7 Å². The standard InChI is InChI=1S/C40H36ClF6N7O4/c1-39(2,57)12-11-22-5-6-23(24-8-10-27(41)32-35(24)53(3)52-38(32)50-30(56)18-58-4)33(48-22)28(15-19-13-20(42)16-21(43)14-19)49-29(55)17-54-36-31(34(51-54)37(44)45)25-7-9-26(25)40(36,46)47/h5-6,8,10,13-14,16,25-26,28,37,57H,7,9,15,17-18H2,1-4H3,(H,49,55)(H,50,52,56)/t25-,26+,28-/m0/s1. The zero-order valence-electron chi connectivity index (χ0n) is 31.4. The number of halogens is 7. The second-order valence-electron chi connectivity index (χ2n) is 14.8. The van der Waals surface area contributed by atoms with Gasteiger partial charge in [0.25, 0.3) is 18.3 Å². The van der Waals surface area contributed by atoms with Gasteiger partial charge in [-0.2, -0.15) is 19.0 Å². The summed E-state index contributed by atoms with van der Waals surface area (Å²) in [5.74, 6) is -3.24. The smallest absolute Gasteiger partial charge is 0.293 e. The van der Waals surface area contributed by atoms with E-state index in [0.29, 0.717) is 32.8 Å². The SMILES string of the molecule is COCC(=O)Nc1nn(C)c2c(-c3ccc(C#CC(C)(C)O)nc3[C@H](Cc3cc(F)cc(F)c3)NC(=O)Cn3nc(C(F)F)c4c3C(F)(F)[C@@H]3CC[C@H]43)ccc(Cl)c12. The van der Waals surface area contributed by atoms with E-state index in [4.69, 9.17) is 21.3 Å². The Morgan fingerprint density at radius 2 is 1.76 bits per heavy atom. The average Bonchev–Trinajstić information content (AvgIpc) is 3.68. The van der Waals surface area contributed by atoms with E-state index < -0.39 is 77.2 Å². The van der Waals surface area contributed by atoms with Crippen molar-refractivity contribution in [3.63, 3.8) is 0 Å². The minimum absolute atomic E-state index is 0.0662. The first-order valence-corrected chi connectivity index (χ1v) is 18.5. The van der Waals surface area contributed by atoms with Crippen LogP contribution in [0.3, 0.4) is 0 Å². The van der Waals surface area contributed by atoms with Crippen molar-refractivity contribution in [1.82, 2.24) is 29.9 Å². The number of rotatable bonds is 11. The lowest BCUT2D eigenvalue weighted by molar-refractivity contribution is -0.123. The quantitative estimate of drug-likeness (QED) is 0.0955. The largest absolute Gasteiger partial charge is 0.378 e. The highest BCUT2D eigenvalue weighted by Gasteiger charge is 2.62. The third-order valence-electron chi connectivity index (χ3n) is 10.2. The van der Waals surface area contributed by atoms with E-state index in [1.807, 2.05) is 0 Å². The number of nitrogens with one attached hydrogen (secondary N) is 2. The monoisotopic (exact) mass is 827 g/mol. The number of pyridine rings is 1. The zero-order chi connectivity index (χ0) is 41.8. The maximum absolute atomic E-state index is 15.7. The van der Waals surface area contributed by atoms with Gasteiger partial charge in [0.15, 0.2) is 5.82 Å². The molecule has 0 aliphatic heterocycles. The van der Waals surface area contributed by atoms with Gasteiger partial charge in [-0.1, -0.05) is 23.6 Å². The fourth-order valence-electron chi connectivity index (χ4n) is 7.74. The first-order valence-electron chi connectivity index (χ1n) is 18.1. The molecule has 2 aliphatic carbocycles. The molecule has 2 aliphatic rings. The van der Waals surface area contributed by atoms with Crippen molar-refractivity contribution in [3.8, 4) is 23.0 Å². The number of carbonyl (C=O) groups is 2. The summed E-state index contributed by atoms with van der Waals surface area (Å²) in [5.41, 5.74) is -1.85. The fourth-order valence-corrected chi connectivity index (χ4v) is 7.98. The third kappa shape index (κ3) is 7.75. The van der Waals surface area contributed by atoms with Crippen molar-refractivity contribution in [2.75, 3.05) is 19.0 Å². The Kier molecular flexibility index (Phi) is 10.8. The number of aromatic nitrogens is 5. The lowest BCUT2D eigenvalue weighted by Crippen LogP contribution is -2.36. The summed E-state index contributed by atoms with van der Waals surface area (Å²) >= 11 is 6.66. The Morgan fingerprint density at radius 3 is 2.40 bits per heavy atom. The molecule has 0 saturated heterocycles. The number of amides is 2. The minimum Gasteiger partial charge on any atom is -0.378 e. The summed E-state index contributed by atoms with van der Waals surface area (Å²) in [5, 5.41) is 24.5. The predicted octanol–water partition coefficient (Wildman–Crippen LogP) is 7.11. The molecule has 0 radical (unpaired) electrons. The molecule has 304 valence electrons. The molecule has 0 bridgehead atoms. The molecule has 3 heterocycles. The van der Waals surface area contributed by atoms with E-state index in [1.165, 1.54) is 31.7 Å². The van der Waals surface area contributed by atoms with Crippen LogP contribution in [0.5, 0.6) is 0 Å². The molecule has 5 aromatic rings. The molecule has 3 N–H and O–H groups in total. The van der Waals surface area contributed by atoms with Gasteiger partial charge in [0.1, 0.15) is 47.5 Å². The highest BCUT2D eigenvalue weighted by atomic mass is 35.5. The van der Waals surface area contributed by atoms with Crippen LogP contribution in [0.25, 0.3) is 22.0 Å². The second-order valence-corrected chi connectivity index (χ2v) is 15.2. The van der Waals surface area contributed by atoms with Gasteiger partial charge in [-0.3, -0.25) is 19.0 Å². The average molecular weight is 828 g/mol. The van der Waals surface area contributed by atoms with Crippen LogP contribution >= 0.6 is 11.6 Å². The lowest BCUT2D eigenvalue weighted by atomic mass is 9.73. The molecular formula is C40H36ClF6N7O4. The number of hydrogen-bond donors (Lipinski definition) is 3. The van der Waals surface area contributed by atoms with Crippen molar-refractivity contribution in [1.29, 1.82) is 0 Å². The lowest BCUT2D eigenvalue weighted by Gasteiger charge is -2.34. The Bertz CT molecular complexity index is 2500. The normalized spacial score (nSPS) is 17.3.